The van der Waals surface area contributed by atoms with Crippen LogP contribution >= 0.6 is 0 Å². The molecule has 3 fully saturated rings. The maximum Gasteiger partial charge on any atom is 0.251 e. The third kappa shape index (κ3) is 2.41. The summed E-state index contributed by atoms with van der Waals surface area (Å²) in [6, 6.07) is 1.52. The van der Waals surface area contributed by atoms with Gasteiger partial charge in [-0.05, 0) is 43.4 Å². The van der Waals surface area contributed by atoms with Gasteiger partial charge in [-0.3, -0.25) is 9.59 Å². The molecule has 0 unspecified atom stereocenters. The van der Waals surface area contributed by atoms with Crippen LogP contribution in [0, 0.1) is 11.3 Å². The molecule has 3 aliphatic rings. The summed E-state index contributed by atoms with van der Waals surface area (Å²) in [5.41, 5.74) is 1.05. The van der Waals surface area contributed by atoms with Crippen molar-refractivity contribution in [2.75, 3.05) is 6.54 Å². The molecule has 2 heterocycles. The largest absolute Gasteiger partial charge is 0.332 e. The molecule has 2 atom stereocenters. The Kier molecular flexibility index (Phi) is 3.36. The minimum absolute atomic E-state index is 0.0494. The summed E-state index contributed by atoms with van der Waals surface area (Å²) in [5.74, 6) is 1.42. The third-order valence-electron chi connectivity index (χ3n) is 6.06. The first-order valence-corrected chi connectivity index (χ1v) is 8.92. The van der Waals surface area contributed by atoms with Crippen LogP contribution in [0.15, 0.2) is 10.9 Å². The van der Waals surface area contributed by atoms with E-state index in [9.17, 15) is 9.59 Å². The number of nitrogens with one attached hydrogen (secondary N) is 1. The van der Waals surface area contributed by atoms with Crippen LogP contribution in [0.4, 0.5) is 0 Å². The normalized spacial score (nSPS) is 28.2. The van der Waals surface area contributed by atoms with Crippen molar-refractivity contribution >= 4 is 5.91 Å². The summed E-state index contributed by atoms with van der Waals surface area (Å²) in [6.45, 7) is 4.87. The van der Waals surface area contributed by atoms with Gasteiger partial charge >= 0.3 is 0 Å². The van der Waals surface area contributed by atoms with Crippen LogP contribution in [0.2, 0.25) is 0 Å². The minimum Gasteiger partial charge on any atom is -0.332 e. The number of nitrogens with zero attached hydrogens (tertiary/aromatic N) is 2. The highest BCUT2D eigenvalue weighted by atomic mass is 16.2. The van der Waals surface area contributed by atoms with E-state index in [1.54, 1.807) is 6.07 Å². The summed E-state index contributed by atoms with van der Waals surface area (Å²) >= 11 is 0. The zero-order valence-electron chi connectivity index (χ0n) is 14.0. The van der Waals surface area contributed by atoms with Crippen LogP contribution < -0.4 is 5.56 Å². The molecule has 23 heavy (non-hydrogen) atoms. The highest BCUT2D eigenvalue weighted by Crippen LogP contribution is 2.66. The van der Waals surface area contributed by atoms with E-state index >= 15 is 0 Å². The lowest BCUT2D eigenvalue weighted by molar-refractivity contribution is -0.135. The first-order chi connectivity index (χ1) is 11.0. The fourth-order valence-corrected chi connectivity index (χ4v) is 4.34. The molecule has 1 aliphatic heterocycles. The first kappa shape index (κ1) is 14.9. The van der Waals surface area contributed by atoms with Gasteiger partial charge in [-0.2, -0.15) is 0 Å². The summed E-state index contributed by atoms with van der Waals surface area (Å²) < 4.78 is 0. The highest BCUT2D eigenvalue weighted by molar-refractivity contribution is 5.83. The van der Waals surface area contributed by atoms with Crippen molar-refractivity contribution in [1.82, 2.24) is 14.9 Å². The van der Waals surface area contributed by atoms with Crippen molar-refractivity contribution in [3.63, 3.8) is 0 Å². The van der Waals surface area contributed by atoms with Crippen molar-refractivity contribution in [3.05, 3.63) is 27.9 Å². The summed E-state index contributed by atoms with van der Waals surface area (Å²) in [5, 5.41) is 0. The Morgan fingerprint density at radius 3 is 2.78 bits per heavy atom. The van der Waals surface area contributed by atoms with Gasteiger partial charge in [-0.15, -0.1) is 0 Å². The fraction of sp³-hybridized carbons (Fsp3) is 0.722. The number of aromatic nitrogens is 2. The van der Waals surface area contributed by atoms with E-state index in [1.807, 2.05) is 18.7 Å². The van der Waals surface area contributed by atoms with Gasteiger partial charge in [0.25, 0.3) is 5.56 Å². The van der Waals surface area contributed by atoms with Gasteiger partial charge in [-0.25, -0.2) is 4.98 Å². The van der Waals surface area contributed by atoms with E-state index in [4.69, 9.17) is 0 Å². The maximum atomic E-state index is 12.9. The van der Waals surface area contributed by atoms with Gasteiger partial charge in [0.1, 0.15) is 5.82 Å². The molecule has 1 saturated heterocycles. The summed E-state index contributed by atoms with van der Waals surface area (Å²) in [4.78, 5) is 34.4. The lowest BCUT2D eigenvalue weighted by Gasteiger charge is -2.30. The molecule has 2 aliphatic carbocycles. The number of likely N-dealkylation sites (tertiary alicyclic amines) is 1. The SMILES string of the molecule is CC(C)c1cc(=O)[nH]c([C@@H]2CCCN2C(=O)[C@@H]2CC23CCC3)n1. The van der Waals surface area contributed by atoms with Gasteiger partial charge in [-0.1, -0.05) is 20.3 Å². The molecule has 4 rings (SSSR count). The number of hydrogen-bond acceptors (Lipinski definition) is 3. The van der Waals surface area contributed by atoms with Crippen molar-refractivity contribution in [1.29, 1.82) is 0 Å². The Balaban J connectivity index is 1.58. The standard InChI is InChI=1S/C18H25N3O2/c1-11(2)13-9-15(22)20-16(19-13)14-5-3-8-21(14)17(23)12-10-18(12)6-4-7-18/h9,11-12,14H,3-8,10H2,1-2H3,(H,19,20,22)/t12-,14-/m0/s1. The van der Waals surface area contributed by atoms with Crippen LogP contribution in [0.5, 0.6) is 0 Å². The van der Waals surface area contributed by atoms with Gasteiger partial charge in [0.2, 0.25) is 5.91 Å². The van der Waals surface area contributed by atoms with Crippen LogP contribution in [0.1, 0.15) is 75.9 Å². The topological polar surface area (TPSA) is 66.1 Å². The van der Waals surface area contributed by atoms with Crippen LogP contribution in [0.25, 0.3) is 0 Å². The average Bonchev–Trinajstić information content (AvgIpc) is 3.07. The highest BCUT2D eigenvalue weighted by Gasteiger charge is 2.62. The number of aromatic amines is 1. The van der Waals surface area contributed by atoms with Gasteiger partial charge < -0.3 is 9.88 Å². The smallest absolute Gasteiger partial charge is 0.251 e. The zero-order chi connectivity index (χ0) is 16.2. The van der Waals surface area contributed by atoms with E-state index in [-0.39, 0.29) is 23.4 Å². The van der Waals surface area contributed by atoms with E-state index in [0.717, 1.165) is 31.5 Å². The number of carbonyl (C=O) groups excluding carboxylic acids is 1. The second-order valence-corrected chi connectivity index (χ2v) is 7.87. The molecular formula is C18H25N3O2. The molecule has 5 heteroatoms. The van der Waals surface area contributed by atoms with E-state index in [2.05, 4.69) is 9.97 Å². The Morgan fingerprint density at radius 1 is 1.39 bits per heavy atom. The second kappa shape index (κ2) is 5.18. The van der Waals surface area contributed by atoms with Crippen LogP contribution in [0.3, 0.4) is 0 Å². The Hall–Kier alpha value is -1.65. The van der Waals surface area contributed by atoms with E-state index in [1.165, 1.54) is 19.3 Å². The van der Waals surface area contributed by atoms with Gasteiger partial charge in [0.05, 0.1) is 11.7 Å². The molecule has 1 N–H and O–H groups in total. The quantitative estimate of drug-likeness (QED) is 0.932. The Morgan fingerprint density at radius 2 is 2.17 bits per heavy atom. The summed E-state index contributed by atoms with van der Waals surface area (Å²) in [6.07, 6.45) is 6.69. The molecule has 1 aromatic heterocycles. The number of amides is 1. The molecule has 0 aromatic carbocycles. The molecule has 1 spiro atoms. The number of carbonyl (C=O) groups is 1. The predicted octanol–water partition coefficient (Wildman–Crippen LogP) is 2.75. The molecule has 5 nitrogen and oxygen atoms in total. The van der Waals surface area contributed by atoms with Crippen molar-refractivity contribution < 1.29 is 4.79 Å². The monoisotopic (exact) mass is 315 g/mol. The van der Waals surface area contributed by atoms with Crippen LogP contribution in [-0.2, 0) is 4.79 Å². The third-order valence-corrected chi connectivity index (χ3v) is 6.06. The number of hydrogen-bond donors (Lipinski definition) is 1. The number of H-pyrrole nitrogens is 1. The van der Waals surface area contributed by atoms with Crippen LogP contribution in [-0.4, -0.2) is 27.3 Å². The summed E-state index contributed by atoms with van der Waals surface area (Å²) in [7, 11) is 0. The Bertz CT molecular complexity index is 690. The van der Waals surface area contributed by atoms with Crippen molar-refractivity contribution in [2.45, 2.75) is 64.3 Å². The predicted molar refractivity (Wildman–Crippen MR) is 87.0 cm³/mol. The van der Waals surface area contributed by atoms with E-state index in [0.29, 0.717) is 17.1 Å². The molecule has 0 bridgehead atoms. The molecule has 0 radical (unpaired) electrons. The van der Waals surface area contributed by atoms with Crippen molar-refractivity contribution in [3.8, 4) is 0 Å². The molecular weight excluding hydrogens is 290 g/mol. The second-order valence-electron chi connectivity index (χ2n) is 7.87. The zero-order valence-corrected chi connectivity index (χ0v) is 14.0. The molecule has 2 saturated carbocycles. The number of rotatable bonds is 3. The lowest BCUT2D eigenvalue weighted by atomic mass is 9.79. The average molecular weight is 315 g/mol. The molecule has 1 amide bonds. The van der Waals surface area contributed by atoms with Gasteiger partial charge in [0.15, 0.2) is 0 Å². The van der Waals surface area contributed by atoms with E-state index < -0.39 is 0 Å². The Labute approximate surface area is 136 Å². The van der Waals surface area contributed by atoms with Crippen molar-refractivity contribution in [2.24, 2.45) is 11.3 Å². The van der Waals surface area contributed by atoms with Gasteiger partial charge in [0, 0.05) is 18.5 Å². The maximum absolute atomic E-state index is 12.9. The fourth-order valence-electron chi connectivity index (χ4n) is 4.34. The molecule has 1 aromatic rings. The minimum atomic E-state index is -0.111. The lowest BCUT2D eigenvalue weighted by Crippen LogP contribution is -2.35. The molecule has 124 valence electrons. The first-order valence-electron chi connectivity index (χ1n) is 8.92.